The molecule has 0 unspecified atom stereocenters. The average Bonchev–Trinajstić information content (AvgIpc) is 2.27. The molecular weight excluding hydrogens is 256 g/mol. The van der Waals surface area contributed by atoms with Crippen molar-refractivity contribution in [3.8, 4) is 0 Å². The van der Waals surface area contributed by atoms with E-state index >= 15 is 0 Å². The van der Waals surface area contributed by atoms with Gasteiger partial charge in [0, 0.05) is 10.6 Å². The molecule has 0 saturated carbocycles. The Bertz CT molecular complexity index is 500. The topological polar surface area (TPSA) is 66.5 Å². The van der Waals surface area contributed by atoms with E-state index in [1.54, 1.807) is 24.3 Å². The van der Waals surface area contributed by atoms with Gasteiger partial charge in [-0.15, -0.1) is 0 Å². The fourth-order valence-corrected chi connectivity index (χ4v) is 1.96. The van der Waals surface area contributed by atoms with Gasteiger partial charge in [-0.2, -0.15) is 0 Å². The SMILES string of the molecule is O=C1CN(CC(=O)c2cccc(Cl)c2)CC(=O)N1. The Kier molecular flexibility index (Phi) is 3.74. The molecular formula is C12H11ClN2O3. The highest BCUT2D eigenvalue weighted by molar-refractivity contribution is 6.31. The minimum Gasteiger partial charge on any atom is -0.294 e. The number of imide groups is 1. The van der Waals surface area contributed by atoms with Gasteiger partial charge in [0.05, 0.1) is 19.6 Å². The number of nitrogens with zero attached hydrogens (tertiary/aromatic N) is 1. The second-order valence-electron chi connectivity index (χ2n) is 4.05. The molecule has 1 aromatic rings. The molecule has 0 bridgehead atoms. The van der Waals surface area contributed by atoms with Crippen molar-refractivity contribution in [3.05, 3.63) is 34.9 Å². The van der Waals surface area contributed by atoms with E-state index in [0.29, 0.717) is 10.6 Å². The fraction of sp³-hybridized carbons (Fsp3) is 0.250. The van der Waals surface area contributed by atoms with Crippen molar-refractivity contribution in [1.29, 1.82) is 0 Å². The van der Waals surface area contributed by atoms with Crippen molar-refractivity contribution in [3.63, 3.8) is 0 Å². The average molecular weight is 267 g/mol. The van der Waals surface area contributed by atoms with Crippen molar-refractivity contribution >= 4 is 29.2 Å². The van der Waals surface area contributed by atoms with Crippen molar-refractivity contribution in [2.24, 2.45) is 0 Å². The molecule has 2 rings (SSSR count). The van der Waals surface area contributed by atoms with E-state index in [9.17, 15) is 14.4 Å². The van der Waals surface area contributed by atoms with Crippen LogP contribution < -0.4 is 5.32 Å². The van der Waals surface area contributed by atoms with Gasteiger partial charge in [-0.1, -0.05) is 23.7 Å². The van der Waals surface area contributed by atoms with Gasteiger partial charge in [0.15, 0.2) is 5.78 Å². The fourth-order valence-electron chi connectivity index (χ4n) is 1.76. The predicted molar refractivity (Wildman–Crippen MR) is 65.4 cm³/mol. The lowest BCUT2D eigenvalue weighted by atomic mass is 10.1. The van der Waals surface area contributed by atoms with Crippen molar-refractivity contribution in [2.75, 3.05) is 19.6 Å². The number of benzene rings is 1. The smallest absolute Gasteiger partial charge is 0.240 e. The van der Waals surface area contributed by atoms with Crippen LogP contribution in [-0.2, 0) is 9.59 Å². The minimum atomic E-state index is -0.384. The molecule has 5 nitrogen and oxygen atoms in total. The van der Waals surface area contributed by atoms with Crippen LogP contribution in [0, 0.1) is 0 Å². The number of amides is 2. The van der Waals surface area contributed by atoms with Crippen LogP contribution in [0.1, 0.15) is 10.4 Å². The number of hydrogen-bond acceptors (Lipinski definition) is 4. The Morgan fingerprint density at radius 3 is 2.56 bits per heavy atom. The highest BCUT2D eigenvalue weighted by Gasteiger charge is 2.24. The molecule has 2 amide bonds. The quantitative estimate of drug-likeness (QED) is 0.638. The third-order valence-electron chi connectivity index (χ3n) is 2.53. The first-order valence-electron chi connectivity index (χ1n) is 5.38. The van der Waals surface area contributed by atoms with Gasteiger partial charge in [-0.3, -0.25) is 24.6 Å². The molecule has 94 valence electrons. The summed E-state index contributed by atoms with van der Waals surface area (Å²) in [6.07, 6.45) is 0. The van der Waals surface area contributed by atoms with E-state index in [-0.39, 0.29) is 37.2 Å². The molecule has 6 heteroatoms. The number of ketones is 1. The second kappa shape index (κ2) is 5.29. The molecule has 0 spiro atoms. The predicted octanol–water partition coefficient (Wildman–Crippen LogP) is 0.481. The molecule has 1 saturated heterocycles. The molecule has 1 aliphatic rings. The molecule has 0 aliphatic carbocycles. The monoisotopic (exact) mass is 266 g/mol. The van der Waals surface area contributed by atoms with Gasteiger partial charge in [-0.25, -0.2) is 0 Å². The first-order chi connectivity index (χ1) is 8.54. The summed E-state index contributed by atoms with van der Waals surface area (Å²) in [5.74, 6) is -0.935. The number of carbonyl (C=O) groups is 3. The summed E-state index contributed by atoms with van der Waals surface area (Å²) < 4.78 is 0. The van der Waals surface area contributed by atoms with Crippen LogP contribution in [0.4, 0.5) is 0 Å². The number of rotatable bonds is 3. The number of nitrogens with one attached hydrogen (secondary N) is 1. The maximum atomic E-state index is 11.9. The summed E-state index contributed by atoms with van der Waals surface area (Å²) in [5.41, 5.74) is 0.473. The second-order valence-corrected chi connectivity index (χ2v) is 4.49. The van der Waals surface area contributed by atoms with Crippen LogP contribution in [0.15, 0.2) is 24.3 Å². The lowest BCUT2D eigenvalue weighted by Gasteiger charge is -2.24. The molecule has 1 N–H and O–H groups in total. The number of carbonyl (C=O) groups excluding carboxylic acids is 3. The number of Topliss-reactive ketones (excluding diaryl/α,β-unsaturated/α-hetero) is 1. The van der Waals surface area contributed by atoms with Crippen molar-refractivity contribution in [2.45, 2.75) is 0 Å². The van der Waals surface area contributed by atoms with Gasteiger partial charge in [0.2, 0.25) is 11.8 Å². The van der Waals surface area contributed by atoms with Crippen LogP contribution in [0.2, 0.25) is 5.02 Å². The molecule has 18 heavy (non-hydrogen) atoms. The van der Waals surface area contributed by atoms with Gasteiger partial charge in [0.25, 0.3) is 0 Å². The minimum absolute atomic E-state index is 0.0273. The molecule has 1 aliphatic heterocycles. The third-order valence-corrected chi connectivity index (χ3v) is 2.76. The van der Waals surface area contributed by atoms with E-state index < -0.39 is 0 Å². The summed E-state index contributed by atoms with van der Waals surface area (Å²) in [7, 11) is 0. The normalized spacial score (nSPS) is 16.5. The Balaban J connectivity index is 2.03. The van der Waals surface area contributed by atoms with E-state index in [0.717, 1.165) is 0 Å². The highest BCUT2D eigenvalue weighted by atomic mass is 35.5. The molecule has 1 heterocycles. The summed E-state index contributed by atoms with van der Waals surface area (Å²) in [6.45, 7) is 0.135. The maximum Gasteiger partial charge on any atom is 0.240 e. The van der Waals surface area contributed by atoms with Gasteiger partial charge in [-0.05, 0) is 12.1 Å². The Hall–Kier alpha value is -1.72. The lowest BCUT2D eigenvalue weighted by Crippen LogP contribution is -2.52. The number of piperazine rings is 1. The lowest BCUT2D eigenvalue weighted by molar-refractivity contribution is -0.135. The zero-order valence-electron chi connectivity index (χ0n) is 9.48. The molecule has 0 aromatic heterocycles. The van der Waals surface area contributed by atoms with Crippen LogP contribution in [0.3, 0.4) is 0 Å². The first-order valence-corrected chi connectivity index (χ1v) is 5.76. The van der Waals surface area contributed by atoms with Crippen LogP contribution >= 0.6 is 11.6 Å². The van der Waals surface area contributed by atoms with Gasteiger partial charge >= 0.3 is 0 Å². The summed E-state index contributed by atoms with van der Waals surface area (Å²) in [6, 6.07) is 6.58. The standard InChI is InChI=1S/C12H11ClN2O3/c13-9-3-1-2-8(4-9)10(16)5-15-6-11(17)14-12(18)7-15/h1-4H,5-7H2,(H,14,17,18). The van der Waals surface area contributed by atoms with E-state index in [1.807, 2.05) is 0 Å². The number of hydrogen-bond donors (Lipinski definition) is 1. The zero-order valence-corrected chi connectivity index (χ0v) is 10.2. The van der Waals surface area contributed by atoms with Crippen molar-refractivity contribution < 1.29 is 14.4 Å². The van der Waals surface area contributed by atoms with E-state index in [1.165, 1.54) is 4.90 Å². The van der Waals surface area contributed by atoms with Crippen LogP contribution in [0.5, 0.6) is 0 Å². The third kappa shape index (κ3) is 3.15. The largest absolute Gasteiger partial charge is 0.294 e. The zero-order chi connectivity index (χ0) is 13.1. The molecule has 1 aromatic carbocycles. The van der Waals surface area contributed by atoms with Crippen LogP contribution in [-0.4, -0.2) is 42.1 Å². The molecule has 1 fully saturated rings. The Morgan fingerprint density at radius 1 is 1.28 bits per heavy atom. The first kappa shape index (κ1) is 12.7. The summed E-state index contributed by atoms with van der Waals surface area (Å²) in [4.78, 5) is 35.7. The number of halogens is 1. The van der Waals surface area contributed by atoms with E-state index in [2.05, 4.69) is 5.32 Å². The van der Waals surface area contributed by atoms with Crippen LogP contribution in [0.25, 0.3) is 0 Å². The van der Waals surface area contributed by atoms with Crippen molar-refractivity contribution in [1.82, 2.24) is 10.2 Å². The summed E-state index contributed by atoms with van der Waals surface area (Å²) in [5, 5.41) is 2.66. The Morgan fingerprint density at radius 2 is 1.94 bits per heavy atom. The van der Waals surface area contributed by atoms with E-state index in [4.69, 9.17) is 11.6 Å². The Labute approximate surface area is 109 Å². The molecule has 0 atom stereocenters. The van der Waals surface area contributed by atoms with Gasteiger partial charge in [0.1, 0.15) is 0 Å². The summed E-state index contributed by atoms with van der Waals surface area (Å²) >= 11 is 5.79. The maximum absolute atomic E-state index is 11.9. The molecule has 0 radical (unpaired) electrons. The highest BCUT2D eigenvalue weighted by Crippen LogP contribution is 2.11. The van der Waals surface area contributed by atoms with Gasteiger partial charge < -0.3 is 0 Å².